The van der Waals surface area contributed by atoms with E-state index < -0.39 is 0 Å². The van der Waals surface area contributed by atoms with Crippen LogP contribution in [0.4, 0.5) is 4.39 Å². The maximum absolute atomic E-state index is 13.1. The predicted molar refractivity (Wildman–Crippen MR) is 74.9 cm³/mol. The van der Waals surface area contributed by atoms with Crippen molar-refractivity contribution < 1.29 is 9.13 Å². The molecule has 0 unspecified atom stereocenters. The number of hydrogen-bond acceptors (Lipinski definition) is 4. The maximum Gasteiger partial charge on any atom is 0.142 e. The molecule has 0 saturated carbocycles. The van der Waals surface area contributed by atoms with Gasteiger partial charge in [0.1, 0.15) is 18.2 Å². The lowest BCUT2D eigenvalue weighted by atomic mass is 10.2. The molecule has 1 N–H and O–H groups in total. The number of halogens is 1. The number of aryl methyl sites for hydroxylation is 1. The molecule has 0 atom stereocenters. The lowest BCUT2D eigenvalue weighted by molar-refractivity contribution is 0.299. The number of hydrogen-bond donors (Lipinski definition) is 1. The summed E-state index contributed by atoms with van der Waals surface area (Å²) in [6.07, 6.45) is 2.77. The molecule has 2 heterocycles. The first-order valence-electron chi connectivity index (χ1n) is 6.58. The van der Waals surface area contributed by atoms with Gasteiger partial charge in [-0.25, -0.2) is 4.39 Å². The molecule has 0 fully saturated rings. The third kappa shape index (κ3) is 3.99. The number of pyridine rings is 2. The van der Waals surface area contributed by atoms with E-state index in [0.717, 1.165) is 17.9 Å². The van der Waals surface area contributed by atoms with E-state index in [4.69, 9.17) is 4.74 Å². The Bertz CT molecular complexity index is 575. The third-order valence-electron chi connectivity index (χ3n) is 2.77. The van der Waals surface area contributed by atoms with Crippen LogP contribution in [0.3, 0.4) is 0 Å². The first-order chi connectivity index (χ1) is 9.69. The summed E-state index contributed by atoms with van der Waals surface area (Å²) >= 11 is 0. The van der Waals surface area contributed by atoms with Crippen molar-refractivity contribution in [1.29, 1.82) is 0 Å². The summed E-state index contributed by atoms with van der Waals surface area (Å²) in [5, 5.41) is 3.22. The summed E-state index contributed by atoms with van der Waals surface area (Å²) in [6, 6.07) is 5.20. The Morgan fingerprint density at radius 1 is 1.30 bits per heavy atom. The van der Waals surface area contributed by atoms with Crippen LogP contribution in [0.15, 0.2) is 30.6 Å². The first-order valence-corrected chi connectivity index (χ1v) is 6.58. The largest absolute Gasteiger partial charge is 0.487 e. The first kappa shape index (κ1) is 14.4. The highest BCUT2D eigenvalue weighted by atomic mass is 19.1. The highest BCUT2D eigenvalue weighted by Crippen LogP contribution is 2.18. The molecule has 0 aromatic carbocycles. The topological polar surface area (TPSA) is 47.0 Å². The summed E-state index contributed by atoms with van der Waals surface area (Å²) in [4.78, 5) is 8.26. The minimum Gasteiger partial charge on any atom is -0.487 e. The summed E-state index contributed by atoms with van der Waals surface area (Å²) < 4.78 is 18.8. The zero-order valence-electron chi connectivity index (χ0n) is 11.7. The van der Waals surface area contributed by atoms with Gasteiger partial charge < -0.3 is 10.1 Å². The van der Waals surface area contributed by atoms with E-state index >= 15 is 0 Å². The lowest BCUT2D eigenvalue weighted by Gasteiger charge is -2.11. The second kappa shape index (κ2) is 6.96. The molecule has 0 bridgehead atoms. The van der Waals surface area contributed by atoms with Crippen LogP contribution in [0.25, 0.3) is 0 Å². The molecule has 2 aromatic heterocycles. The highest BCUT2D eigenvalue weighted by Gasteiger charge is 2.06. The molecule has 0 aliphatic heterocycles. The van der Waals surface area contributed by atoms with Crippen LogP contribution in [0, 0.1) is 12.7 Å². The van der Waals surface area contributed by atoms with Gasteiger partial charge in [0, 0.05) is 24.0 Å². The lowest BCUT2D eigenvalue weighted by Crippen LogP contribution is -2.14. The summed E-state index contributed by atoms with van der Waals surface area (Å²) in [7, 11) is 0. The molecule has 5 heteroatoms. The molecule has 0 amide bonds. The zero-order chi connectivity index (χ0) is 14.4. The van der Waals surface area contributed by atoms with Crippen LogP contribution in [0.5, 0.6) is 5.75 Å². The van der Waals surface area contributed by atoms with Crippen molar-refractivity contribution in [2.75, 3.05) is 6.54 Å². The highest BCUT2D eigenvalue weighted by molar-refractivity contribution is 5.29. The second-order valence-electron chi connectivity index (χ2n) is 4.48. The standard InChI is InChI=1S/C15H18FN3O/c1-3-17-9-14-15(5-4-11(2)19-14)20-10-12-6-13(16)8-18-7-12/h4-8,17H,3,9-10H2,1-2H3. The average molecular weight is 275 g/mol. The van der Waals surface area contributed by atoms with Gasteiger partial charge in [0.2, 0.25) is 0 Å². The van der Waals surface area contributed by atoms with Crippen molar-refractivity contribution in [2.24, 2.45) is 0 Å². The van der Waals surface area contributed by atoms with Gasteiger partial charge in [0.05, 0.1) is 11.9 Å². The molecule has 2 rings (SSSR count). The van der Waals surface area contributed by atoms with E-state index in [9.17, 15) is 4.39 Å². The molecule has 0 aliphatic carbocycles. The van der Waals surface area contributed by atoms with Gasteiger partial charge in [-0.2, -0.15) is 0 Å². The molecule has 0 spiro atoms. The maximum atomic E-state index is 13.1. The normalized spacial score (nSPS) is 10.6. The van der Waals surface area contributed by atoms with Crippen molar-refractivity contribution in [3.05, 3.63) is 53.4 Å². The van der Waals surface area contributed by atoms with Crippen molar-refractivity contribution in [1.82, 2.24) is 15.3 Å². The third-order valence-corrected chi connectivity index (χ3v) is 2.77. The van der Waals surface area contributed by atoms with E-state index in [1.807, 2.05) is 26.0 Å². The van der Waals surface area contributed by atoms with Crippen LogP contribution in [0.2, 0.25) is 0 Å². The number of nitrogens with zero attached hydrogens (tertiary/aromatic N) is 2. The molecular weight excluding hydrogens is 257 g/mol. The van der Waals surface area contributed by atoms with Crippen molar-refractivity contribution in [2.45, 2.75) is 27.0 Å². The molecule has 0 saturated heterocycles. The minimum absolute atomic E-state index is 0.272. The van der Waals surface area contributed by atoms with Gasteiger partial charge in [0.15, 0.2) is 0 Å². The Morgan fingerprint density at radius 2 is 2.15 bits per heavy atom. The molecule has 2 aromatic rings. The van der Waals surface area contributed by atoms with Gasteiger partial charge in [-0.15, -0.1) is 0 Å². The smallest absolute Gasteiger partial charge is 0.142 e. The van der Waals surface area contributed by atoms with Gasteiger partial charge >= 0.3 is 0 Å². The Balaban J connectivity index is 2.08. The van der Waals surface area contributed by atoms with Crippen LogP contribution < -0.4 is 10.1 Å². The average Bonchev–Trinajstić information content (AvgIpc) is 2.44. The van der Waals surface area contributed by atoms with E-state index in [2.05, 4.69) is 15.3 Å². The Morgan fingerprint density at radius 3 is 2.90 bits per heavy atom. The fraction of sp³-hybridized carbons (Fsp3) is 0.333. The SMILES string of the molecule is CCNCc1nc(C)ccc1OCc1cncc(F)c1. The van der Waals surface area contributed by atoms with Gasteiger partial charge in [-0.3, -0.25) is 9.97 Å². The number of ether oxygens (including phenoxy) is 1. The second-order valence-corrected chi connectivity index (χ2v) is 4.48. The van der Waals surface area contributed by atoms with Crippen molar-refractivity contribution in [3.63, 3.8) is 0 Å². The summed E-state index contributed by atoms with van der Waals surface area (Å²) in [5.74, 6) is 0.349. The quantitative estimate of drug-likeness (QED) is 0.880. The predicted octanol–water partition coefficient (Wildman–Crippen LogP) is 2.61. The number of aromatic nitrogens is 2. The molecule has 106 valence electrons. The monoisotopic (exact) mass is 275 g/mol. The fourth-order valence-corrected chi connectivity index (χ4v) is 1.80. The van der Waals surface area contributed by atoms with E-state index in [-0.39, 0.29) is 12.4 Å². The Labute approximate surface area is 118 Å². The Kier molecular flexibility index (Phi) is 5.01. The van der Waals surface area contributed by atoms with Crippen LogP contribution in [-0.4, -0.2) is 16.5 Å². The van der Waals surface area contributed by atoms with E-state index in [0.29, 0.717) is 17.9 Å². The molecule has 0 radical (unpaired) electrons. The molecule has 0 aliphatic rings. The minimum atomic E-state index is -0.360. The molecule has 20 heavy (non-hydrogen) atoms. The number of nitrogens with one attached hydrogen (secondary N) is 1. The van der Waals surface area contributed by atoms with E-state index in [1.165, 1.54) is 12.3 Å². The van der Waals surface area contributed by atoms with Crippen LogP contribution in [0.1, 0.15) is 23.9 Å². The van der Waals surface area contributed by atoms with Crippen LogP contribution >= 0.6 is 0 Å². The number of rotatable bonds is 6. The summed E-state index contributed by atoms with van der Waals surface area (Å²) in [6.45, 7) is 5.76. The molecule has 4 nitrogen and oxygen atoms in total. The zero-order valence-corrected chi connectivity index (χ0v) is 11.7. The van der Waals surface area contributed by atoms with E-state index in [1.54, 1.807) is 6.20 Å². The van der Waals surface area contributed by atoms with Crippen molar-refractivity contribution in [3.8, 4) is 5.75 Å². The fourth-order valence-electron chi connectivity index (χ4n) is 1.80. The van der Waals surface area contributed by atoms with Gasteiger partial charge in [-0.05, 0) is 31.7 Å². The molecular formula is C15H18FN3O. The van der Waals surface area contributed by atoms with Crippen molar-refractivity contribution >= 4 is 0 Å². The van der Waals surface area contributed by atoms with Gasteiger partial charge in [0.25, 0.3) is 0 Å². The van der Waals surface area contributed by atoms with Crippen LogP contribution in [-0.2, 0) is 13.2 Å². The Hall–Kier alpha value is -2.01. The summed E-state index contributed by atoms with van der Waals surface area (Å²) in [5.41, 5.74) is 2.49. The van der Waals surface area contributed by atoms with Gasteiger partial charge in [-0.1, -0.05) is 6.92 Å².